The van der Waals surface area contributed by atoms with E-state index in [1.807, 2.05) is 11.8 Å². The average Bonchev–Trinajstić information content (AvgIpc) is 2.32. The van der Waals surface area contributed by atoms with Gasteiger partial charge in [0.25, 0.3) is 0 Å². The monoisotopic (exact) mass is 259 g/mol. The largest absolute Gasteiger partial charge is 0.378 e. The smallest absolute Gasteiger partial charge is 0.0662 e. The second kappa shape index (κ2) is 7.17. The summed E-state index contributed by atoms with van der Waals surface area (Å²) in [5.74, 6) is 1.13. The summed E-state index contributed by atoms with van der Waals surface area (Å²) in [6.07, 6.45) is 0. The van der Waals surface area contributed by atoms with Gasteiger partial charge >= 0.3 is 0 Å². The van der Waals surface area contributed by atoms with Gasteiger partial charge < -0.3 is 10.1 Å². The molecule has 1 aliphatic rings. The molecule has 0 aliphatic carbocycles. The predicted octanol–water partition coefficient (Wildman–Crippen LogP) is 2.88. The molecule has 1 aromatic rings. The minimum atomic E-state index is 0. The molecule has 0 unspecified atom stereocenters. The molecule has 1 aromatic carbocycles. The van der Waals surface area contributed by atoms with Gasteiger partial charge in [0.1, 0.15) is 0 Å². The fourth-order valence-corrected chi connectivity index (χ4v) is 2.40. The highest BCUT2D eigenvalue weighted by atomic mass is 35.5. The van der Waals surface area contributed by atoms with Gasteiger partial charge in [-0.05, 0) is 23.4 Å². The number of nitrogens with one attached hydrogen (secondary N) is 1. The van der Waals surface area contributed by atoms with Crippen LogP contribution < -0.4 is 5.32 Å². The van der Waals surface area contributed by atoms with E-state index in [1.54, 1.807) is 0 Å². The first-order valence-electron chi connectivity index (χ1n) is 5.44. The molecule has 4 heteroatoms. The maximum absolute atomic E-state index is 5.45. The fraction of sp³-hybridized carbons (Fsp3) is 0.500. The van der Waals surface area contributed by atoms with Crippen LogP contribution in [0.1, 0.15) is 18.5 Å². The summed E-state index contributed by atoms with van der Waals surface area (Å²) in [4.78, 5) is 1.35. The molecule has 0 amide bonds. The molecule has 0 radical (unpaired) electrons. The summed E-state index contributed by atoms with van der Waals surface area (Å²) in [5.41, 5.74) is 1.33. The van der Waals surface area contributed by atoms with E-state index in [2.05, 4.69) is 36.5 Å². The van der Waals surface area contributed by atoms with Gasteiger partial charge in [0.2, 0.25) is 0 Å². The summed E-state index contributed by atoms with van der Waals surface area (Å²) >= 11 is 1.88. The van der Waals surface area contributed by atoms with Gasteiger partial charge in [-0.3, -0.25) is 0 Å². The lowest BCUT2D eigenvalue weighted by Crippen LogP contribution is -2.34. The molecule has 1 heterocycles. The Morgan fingerprint density at radius 1 is 1.38 bits per heavy atom. The molecule has 1 saturated heterocycles. The third-order valence-electron chi connectivity index (χ3n) is 2.52. The SMILES string of the molecule is CCSc1ccc([C@H]2COCCN2)cc1.Cl. The van der Waals surface area contributed by atoms with Crippen LogP contribution in [0, 0.1) is 0 Å². The van der Waals surface area contributed by atoms with E-state index in [1.165, 1.54) is 10.5 Å². The molecule has 1 aliphatic heterocycles. The van der Waals surface area contributed by atoms with Crippen molar-refractivity contribution in [1.29, 1.82) is 0 Å². The summed E-state index contributed by atoms with van der Waals surface area (Å²) in [5, 5.41) is 3.46. The van der Waals surface area contributed by atoms with Crippen LogP contribution >= 0.6 is 24.2 Å². The van der Waals surface area contributed by atoms with E-state index < -0.39 is 0 Å². The van der Waals surface area contributed by atoms with E-state index in [4.69, 9.17) is 4.74 Å². The highest BCUT2D eigenvalue weighted by molar-refractivity contribution is 7.99. The summed E-state index contributed by atoms with van der Waals surface area (Å²) in [7, 11) is 0. The third kappa shape index (κ3) is 3.67. The zero-order valence-electron chi connectivity index (χ0n) is 9.44. The predicted molar refractivity (Wildman–Crippen MR) is 71.7 cm³/mol. The Morgan fingerprint density at radius 3 is 2.69 bits per heavy atom. The lowest BCUT2D eigenvalue weighted by atomic mass is 10.1. The minimum Gasteiger partial charge on any atom is -0.378 e. The van der Waals surface area contributed by atoms with Crippen molar-refractivity contribution >= 4 is 24.2 Å². The molecule has 1 N–H and O–H groups in total. The van der Waals surface area contributed by atoms with Gasteiger partial charge in [-0.2, -0.15) is 0 Å². The Kier molecular flexibility index (Phi) is 6.21. The van der Waals surface area contributed by atoms with E-state index in [0.717, 1.165) is 25.5 Å². The first-order chi connectivity index (χ1) is 7.40. The van der Waals surface area contributed by atoms with Crippen LogP contribution in [0.2, 0.25) is 0 Å². The van der Waals surface area contributed by atoms with Crippen molar-refractivity contribution < 1.29 is 4.74 Å². The van der Waals surface area contributed by atoms with Crippen molar-refractivity contribution in [3.05, 3.63) is 29.8 Å². The fourth-order valence-electron chi connectivity index (χ4n) is 1.74. The molecule has 0 spiro atoms. The molecule has 90 valence electrons. The zero-order valence-corrected chi connectivity index (χ0v) is 11.1. The van der Waals surface area contributed by atoms with Crippen LogP contribution in [-0.4, -0.2) is 25.5 Å². The van der Waals surface area contributed by atoms with Crippen LogP contribution in [0.4, 0.5) is 0 Å². The molecule has 16 heavy (non-hydrogen) atoms. The van der Waals surface area contributed by atoms with Crippen molar-refractivity contribution in [2.24, 2.45) is 0 Å². The lowest BCUT2D eigenvalue weighted by Gasteiger charge is -2.24. The number of halogens is 1. The van der Waals surface area contributed by atoms with Crippen LogP contribution in [-0.2, 0) is 4.74 Å². The van der Waals surface area contributed by atoms with Crippen LogP contribution in [0.3, 0.4) is 0 Å². The van der Waals surface area contributed by atoms with Gasteiger partial charge in [0, 0.05) is 11.4 Å². The number of hydrogen-bond acceptors (Lipinski definition) is 3. The second-order valence-electron chi connectivity index (χ2n) is 3.58. The lowest BCUT2D eigenvalue weighted by molar-refractivity contribution is 0.0769. The average molecular weight is 260 g/mol. The summed E-state index contributed by atoms with van der Waals surface area (Å²) in [6, 6.07) is 9.16. The number of ether oxygens (including phenoxy) is 1. The molecule has 1 fully saturated rings. The van der Waals surface area contributed by atoms with Crippen molar-refractivity contribution in [1.82, 2.24) is 5.32 Å². The van der Waals surface area contributed by atoms with Crippen molar-refractivity contribution in [2.45, 2.75) is 17.9 Å². The van der Waals surface area contributed by atoms with E-state index in [0.29, 0.717) is 6.04 Å². The number of rotatable bonds is 3. The van der Waals surface area contributed by atoms with Gasteiger partial charge in [-0.15, -0.1) is 24.2 Å². The number of hydrogen-bond donors (Lipinski definition) is 1. The number of thioether (sulfide) groups is 1. The first kappa shape index (κ1) is 13.8. The summed E-state index contributed by atoms with van der Waals surface area (Å²) < 4.78 is 5.45. The zero-order chi connectivity index (χ0) is 10.5. The van der Waals surface area contributed by atoms with Crippen LogP contribution in [0.25, 0.3) is 0 Å². The molecule has 1 atom stereocenters. The molecule has 2 rings (SSSR count). The Balaban J connectivity index is 0.00000128. The second-order valence-corrected chi connectivity index (χ2v) is 4.92. The van der Waals surface area contributed by atoms with Crippen molar-refractivity contribution in [2.75, 3.05) is 25.5 Å². The molecular formula is C12H18ClNOS. The van der Waals surface area contributed by atoms with Gasteiger partial charge in [-0.1, -0.05) is 19.1 Å². The van der Waals surface area contributed by atoms with Gasteiger partial charge in [0.05, 0.1) is 19.3 Å². The molecule has 2 nitrogen and oxygen atoms in total. The maximum Gasteiger partial charge on any atom is 0.0662 e. The minimum absolute atomic E-state index is 0. The Hall–Kier alpha value is -0.220. The van der Waals surface area contributed by atoms with E-state index in [-0.39, 0.29) is 12.4 Å². The van der Waals surface area contributed by atoms with Gasteiger partial charge in [-0.25, -0.2) is 0 Å². The van der Waals surface area contributed by atoms with E-state index in [9.17, 15) is 0 Å². The van der Waals surface area contributed by atoms with Crippen LogP contribution in [0.15, 0.2) is 29.2 Å². The number of benzene rings is 1. The Bertz CT molecular complexity index is 298. The highest BCUT2D eigenvalue weighted by Gasteiger charge is 2.14. The van der Waals surface area contributed by atoms with Crippen LogP contribution in [0.5, 0.6) is 0 Å². The Labute approximate surface area is 108 Å². The maximum atomic E-state index is 5.45. The molecule has 0 aromatic heterocycles. The third-order valence-corrected chi connectivity index (χ3v) is 3.41. The molecular weight excluding hydrogens is 242 g/mol. The molecule has 0 saturated carbocycles. The number of morpholine rings is 1. The normalized spacial score (nSPS) is 20.2. The quantitative estimate of drug-likeness (QED) is 0.844. The molecule has 0 bridgehead atoms. The van der Waals surface area contributed by atoms with Gasteiger partial charge in [0.15, 0.2) is 0 Å². The highest BCUT2D eigenvalue weighted by Crippen LogP contribution is 2.21. The first-order valence-corrected chi connectivity index (χ1v) is 6.42. The van der Waals surface area contributed by atoms with Crippen molar-refractivity contribution in [3.63, 3.8) is 0 Å². The van der Waals surface area contributed by atoms with E-state index >= 15 is 0 Å². The standard InChI is InChI=1S/C12H17NOS.ClH/c1-2-15-11-5-3-10(4-6-11)12-9-14-8-7-13-12;/h3-6,12-13H,2,7-9H2,1H3;1H/t12-;/m1./s1. The van der Waals surface area contributed by atoms with Crippen molar-refractivity contribution in [3.8, 4) is 0 Å². The summed E-state index contributed by atoms with van der Waals surface area (Å²) in [6.45, 7) is 4.76. The Morgan fingerprint density at radius 2 is 2.12 bits per heavy atom. The topological polar surface area (TPSA) is 21.3 Å².